The lowest BCUT2D eigenvalue weighted by atomic mass is 10.1. The van der Waals surface area contributed by atoms with Crippen molar-refractivity contribution in [3.05, 3.63) is 27.4 Å². The van der Waals surface area contributed by atoms with Crippen molar-refractivity contribution >= 4 is 28.6 Å². The number of aliphatic carboxylic acids is 1. The van der Waals surface area contributed by atoms with E-state index in [1.54, 1.807) is 11.3 Å². The highest BCUT2D eigenvalue weighted by Crippen LogP contribution is 2.30. The van der Waals surface area contributed by atoms with E-state index < -0.39 is 5.97 Å². The van der Waals surface area contributed by atoms with E-state index in [9.17, 15) is 4.79 Å². The van der Waals surface area contributed by atoms with Crippen molar-refractivity contribution in [1.29, 1.82) is 0 Å². The number of thiophene rings is 1. The molecule has 18 heavy (non-hydrogen) atoms. The molecule has 3 nitrogen and oxygen atoms in total. The maximum Gasteiger partial charge on any atom is 0.308 e. The van der Waals surface area contributed by atoms with Gasteiger partial charge in [-0.15, -0.1) is 22.7 Å². The number of thiazole rings is 1. The van der Waals surface area contributed by atoms with Gasteiger partial charge in [0.25, 0.3) is 0 Å². The quantitative estimate of drug-likeness (QED) is 0.909. The Balaban J connectivity index is 2.13. The summed E-state index contributed by atoms with van der Waals surface area (Å²) < 4.78 is 0. The van der Waals surface area contributed by atoms with E-state index in [2.05, 4.69) is 18.8 Å². The van der Waals surface area contributed by atoms with E-state index in [0.717, 1.165) is 26.9 Å². The average molecular weight is 281 g/mol. The number of carboxylic acid groups (broad SMARTS) is 1. The van der Waals surface area contributed by atoms with Crippen LogP contribution in [0.25, 0.3) is 10.6 Å². The van der Waals surface area contributed by atoms with Gasteiger partial charge in [0.1, 0.15) is 0 Å². The van der Waals surface area contributed by atoms with Gasteiger partial charge in [-0.3, -0.25) is 4.79 Å². The summed E-state index contributed by atoms with van der Waals surface area (Å²) >= 11 is 3.18. The number of aromatic nitrogens is 1. The minimum Gasteiger partial charge on any atom is -0.481 e. The molecule has 1 N–H and O–H groups in total. The highest BCUT2D eigenvalue weighted by atomic mass is 32.1. The molecule has 0 spiro atoms. The largest absolute Gasteiger partial charge is 0.481 e. The maximum absolute atomic E-state index is 10.6. The van der Waals surface area contributed by atoms with Crippen LogP contribution < -0.4 is 0 Å². The summed E-state index contributed by atoms with van der Waals surface area (Å²) in [7, 11) is 0. The van der Waals surface area contributed by atoms with Crippen molar-refractivity contribution in [2.24, 2.45) is 5.92 Å². The topological polar surface area (TPSA) is 50.2 Å². The predicted molar refractivity (Wildman–Crippen MR) is 75.3 cm³/mol. The summed E-state index contributed by atoms with van der Waals surface area (Å²) in [4.78, 5) is 17.2. The second-order valence-corrected chi connectivity index (χ2v) is 6.67. The number of nitrogens with zero attached hydrogens (tertiary/aromatic N) is 1. The first-order valence-corrected chi connectivity index (χ1v) is 7.49. The summed E-state index contributed by atoms with van der Waals surface area (Å²) in [5.74, 6) is -0.183. The molecule has 0 radical (unpaired) electrons. The van der Waals surface area contributed by atoms with Gasteiger partial charge in [0.05, 0.1) is 22.0 Å². The summed E-state index contributed by atoms with van der Waals surface area (Å²) in [6.45, 7) is 4.36. The number of hydrogen-bond donors (Lipinski definition) is 1. The van der Waals surface area contributed by atoms with Crippen molar-refractivity contribution in [3.63, 3.8) is 0 Å². The van der Waals surface area contributed by atoms with Crippen LogP contribution in [-0.2, 0) is 17.6 Å². The molecule has 2 aromatic heterocycles. The Morgan fingerprint density at radius 3 is 2.89 bits per heavy atom. The molecular formula is C13H15NO2S2. The fourth-order valence-corrected chi connectivity index (χ4v) is 3.67. The molecule has 96 valence electrons. The lowest BCUT2D eigenvalue weighted by Gasteiger charge is -1.98. The zero-order valence-corrected chi connectivity index (χ0v) is 12.0. The minimum absolute atomic E-state index is 0.0909. The van der Waals surface area contributed by atoms with Gasteiger partial charge in [0, 0.05) is 16.7 Å². The number of carboxylic acids is 1. The number of carbonyl (C=O) groups is 1. The van der Waals surface area contributed by atoms with Crippen LogP contribution in [-0.4, -0.2) is 16.1 Å². The normalized spacial score (nSPS) is 11.1. The van der Waals surface area contributed by atoms with Gasteiger partial charge in [0.2, 0.25) is 0 Å². The Hall–Kier alpha value is -1.20. The first-order chi connectivity index (χ1) is 8.54. The predicted octanol–water partition coefficient (Wildman–Crippen LogP) is 3.70. The Bertz CT molecular complexity index is 543. The lowest BCUT2D eigenvalue weighted by Crippen LogP contribution is -1.96. The molecule has 0 aliphatic carbocycles. The average Bonchev–Trinajstić information content (AvgIpc) is 2.85. The van der Waals surface area contributed by atoms with Crippen molar-refractivity contribution < 1.29 is 9.90 Å². The molecule has 2 heterocycles. The molecule has 0 bridgehead atoms. The van der Waals surface area contributed by atoms with Gasteiger partial charge < -0.3 is 5.11 Å². The molecule has 0 saturated carbocycles. The standard InChI is InChI=1S/C13H15NO2S2/c1-8(2)5-12-14-10(7-17-12)11-4-3-9(18-11)6-13(15)16/h3-4,7-8H,5-6H2,1-2H3,(H,15,16). The molecule has 5 heteroatoms. The Morgan fingerprint density at radius 1 is 1.44 bits per heavy atom. The van der Waals surface area contributed by atoms with E-state index in [1.165, 1.54) is 11.3 Å². The molecule has 0 saturated heterocycles. The second kappa shape index (κ2) is 5.63. The van der Waals surface area contributed by atoms with Gasteiger partial charge >= 0.3 is 5.97 Å². The van der Waals surface area contributed by atoms with Gasteiger partial charge in [0.15, 0.2) is 0 Å². The van der Waals surface area contributed by atoms with Crippen molar-refractivity contribution in [1.82, 2.24) is 4.98 Å². The van der Waals surface area contributed by atoms with Gasteiger partial charge in [-0.05, 0) is 18.1 Å². The maximum atomic E-state index is 10.6. The van der Waals surface area contributed by atoms with Crippen molar-refractivity contribution in [2.75, 3.05) is 0 Å². The highest BCUT2D eigenvalue weighted by molar-refractivity contribution is 7.16. The molecule has 0 unspecified atom stereocenters. The molecule has 2 rings (SSSR count). The molecule has 0 aliphatic rings. The zero-order chi connectivity index (χ0) is 13.1. The van der Waals surface area contributed by atoms with Gasteiger partial charge in [-0.25, -0.2) is 4.98 Å². The Labute approximate surface area is 114 Å². The van der Waals surface area contributed by atoms with E-state index in [4.69, 9.17) is 5.11 Å². The zero-order valence-electron chi connectivity index (χ0n) is 10.3. The first-order valence-electron chi connectivity index (χ1n) is 5.80. The van der Waals surface area contributed by atoms with Crippen LogP contribution in [0.4, 0.5) is 0 Å². The fourth-order valence-electron chi connectivity index (χ4n) is 1.63. The van der Waals surface area contributed by atoms with Crippen LogP contribution in [0.2, 0.25) is 0 Å². The van der Waals surface area contributed by atoms with E-state index in [0.29, 0.717) is 5.92 Å². The molecular weight excluding hydrogens is 266 g/mol. The smallest absolute Gasteiger partial charge is 0.308 e. The molecule has 2 aromatic rings. The third kappa shape index (κ3) is 3.40. The summed E-state index contributed by atoms with van der Waals surface area (Å²) in [6, 6.07) is 3.83. The second-order valence-electron chi connectivity index (χ2n) is 4.56. The van der Waals surface area contributed by atoms with Crippen LogP contribution in [0.5, 0.6) is 0 Å². The first kappa shape index (κ1) is 13.2. The molecule has 0 aliphatic heterocycles. The van der Waals surface area contributed by atoms with Crippen LogP contribution >= 0.6 is 22.7 Å². The molecule has 0 aromatic carbocycles. The van der Waals surface area contributed by atoms with Crippen LogP contribution in [0.15, 0.2) is 17.5 Å². The SMILES string of the molecule is CC(C)Cc1nc(-c2ccc(CC(=O)O)s2)cs1. The fraction of sp³-hybridized carbons (Fsp3) is 0.385. The van der Waals surface area contributed by atoms with Crippen molar-refractivity contribution in [3.8, 4) is 10.6 Å². The molecule has 0 amide bonds. The number of rotatable bonds is 5. The Morgan fingerprint density at radius 2 is 2.22 bits per heavy atom. The van der Waals surface area contributed by atoms with Gasteiger partial charge in [-0.1, -0.05) is 13.8 Å². The third-order valence-corrected chi connectivity index (χ3v) is 4.35. The lowest BCUT2D eigenvalue weighted by molar-refractivity contribution is -0.136. The monoisotopic (exact) mass is 281 g/mol. The van der Waals surface area contributed by atoms with Gasteiger partial charge in [-0.2, -0.15) is 0 Å². The van der Waals surface area contributed by atoms with Crippen LogP contribution in [0.1, 0.15) is 23.7 Å². The van der Waals surface area contributed by atoms with E-state index in [-0.39, 0.29) is 6.42 Å². The van der Waals surface area contributed by atoms with E-state index in [1.807, 2.05) is 17.5 Å². The Kier molecular flexibility index (Phi) is 4.14. The van der Waals surface area contributed by atoms with E-state index >= 15 is 0 Å². The van der Waals surface area contributed by atoms with Crippen LogP contribution in [0.3, 0.4) is 0 Å². The third-order valence-electron chi connectivity index (χ3n) is 2.37. The summed E-state index contributed by atoms with van der Waals surface area (Å²) in [5.41, 5.74) is 0.970. The minimum atomic E-state index is -0.790. The summed E-state index contributed by atoms with van der Waals surface area (Å²) in [6.07, 6.45) is 1.09. The molecule has 0 fully saturated rings. The molecule has 0 atom stereocenters. The van der Waals surface area contributed by atoms with Crippen LogP contribution in [0, 0.1) is 5.92 Å². The number of hydrogen-bond acceptors (Lipinski definition) is 4. The van der Waals surface area contributed by atoms with Crippen molar-refractivity contribution in [2.45, 2.75) is 26.7 Å². The highest BCUT2D eigenvalue weighted by Gasteiger charge is 2.10. The summed E-state index contributed by atoms with van der Waals surface area (Å²) in [5, 5.41) is 11.9.